The second-order valence-corrected chi connectivity index (χ2v) is 6.54. The number of halogens is 1. The molecular formula is C13H25ClN2O2. The first-order chi connectivity index (χ1) is 7.82. The van der Waals surface area contributed by atoms with E-state index in [-0.39, 0.29) is 18.5 Å². The van der Waals surface area contributed by atoms with Gasteiger partial charge in [-0.15, -0.1) is 12.4 Å². The lowest BCUT2D eigenvalue weighted by atomic mass is 9.67. The van der Waals surface area contributed by atoms with E-state index in [1.54, 1.807) is 0 Å². The number of carbonyl (C=O) groups is 1. The fourth-order valence-corrected chi connectivity index (χ4v) is 2.68. The van der Waals surface area contributed by atoms with Crippen molar-refractivity contribution < 1.29 is 9.53 Å². The quantitative estimate of drug-likeness (QED) is 0.738. The number of hydrogen-bond donors (Lipinski definition) is 1. The molecule has 2 saturated heterocycles. The molecule has 2 heterocycles. The zero-order valence-corrected chi connectivity index (χ0v) is 12.6. The third-order valence-electron chi connectivity index (χ3n) is 4.03. The average Bonchev–Trinajstić information content (AvgIpc) is 2.12. The van der Waals surface area contributed by atoms with Crippen molar-refractivity contribution in [3.8, 4) is 0 Å². The van der Waals surface area contributed by atoms with Crippen molar-refractivity contribution in [3.05, 3.63) is 0 Å². The highest BCUT2D eigenvalue weighted by atomic mass is 35.5. The molecule has 1 spiro atoms. The minimum absolute atomic E-state index is 0. The molecule has 4 nitrogen and oxygen atoms in total. The van der Waals surface area contributed by atoms with Crippen molar-refractivity contribution in [3.63, 3.8) is 0 Å². The van der Waals surface area contributed by atoms with Crippen LogP contribution < -0.4 is 5.32 Å². The van der Waals surface area contributed by atoms with Gasteiger partial charge in [-0.1, -0.05) is 6.92 Å². The number of carbonyl (C=O) groups excluding carboxylic acids is 1. The van der Waals surface area contributed by atoms with Gasteiger partial charge in [0.25, 0.3) is 0 Å². The number of likely N-dealkylation sites (tertiary alicyclic amines) is 1. The summed E-state index contributed by atoms with van der Waals surface area (Å²) in [5.41, 5.74) is 0.0476. The van der Waals surface area contributed by atoms with E-state index in [1.165, 1.54) is 0 Å². The highest BCUT2D eigenvalue weighted by molar-refractivity contribution is 5.85. The van der Waals surface area contributed by atoms with Crippen LogP contribution in [0.3, 0.4) is 0 Å². The predicted molar refractivity (Wildman–Crippen MR) is 74.1 cm³/mol. The van der Waals surface area contributed by atoms with Gasteiger partial charge in [0.2, 0.25) is 0 Å². The van der Waals surface area contributed by atoms with E-state index < -0.39 is 5.60 Å². The second kappa shape index (κ2) is 5.25. The van der Waals surface area contributed by atoms with Gasteiger partial charge in [0.05, 0.1) is 0 Å². The first-order valence-corrected chi connectivity index (χ1v) is 6.51. The van der Waals surface area contributed by atoms with Crippen molar-refractivity contribution in [2.45, 2.75) is 39.7 Å². The lowest BCUT2D eigenvalue weighted by molar-refractivity contribution is -0.0230. The highest BCUT2D eigenvalue weighted by Gasteiger charge is 2.46. The maximum absolute atomic E-state index is 12.0. The van der Waals surface area contributed by atoms with Gasteiger partial charge >= 0.3 is 6.09 Å². The van der Waals surface area contributed by atoms with E-state index in [2.05, 4.69) is 12.2 Å². The van der Waals surface area contributed by atoms with Crippen LogP contribution in [-0.4, -0.2) is 42.8 Å². The van der Waals surface area contributed by atoms with Crippen LogP contribution in [-0.2, 0) is 4.74 Å². The minimum atomic E-state index is -0.395. The fraction of sp³-hybridized carbons (Fsp3) is 0.923. The normalized spacial score (nSPS) is 26.2. The lowest BCUT2D eigenvalue weighted by Crippen LogP contribution is -2.63. The van der Waals surface area contributed by atoms with Crippen LogP contribution in [0.2, 0.25) is 0 Å². The summed E-state index contributed by atoms with van der Waals surface area (Å²) in [5, 5.41) is 3.35. The second-order valence-electron chi connectivity index (χ2n) is 6.54. The highest BCUT2D eigenvalue weighted by Crippen LogP contribution is 2.39. The Morgan fingerprint density at radius 2 is 2.00 bits per heavy atom. The Morgan fingerprint density at radius 3 is 2.39 bits per heavy atom. The Kier molecular flexibility index (Phi) is 4.55. The minimum Gasteiger partial charge on any atom is -0.444 e. The van der Waals surface area contributed by atoms with Gasteiger partial charge in [0.1, 0.15) is 5.60 Å². The molecule has 1 N–H and O–H groups in total. The molecule has 18 heavy (non-hydrogen) atoms. The summed E-state index contributed by atoms with van der Waals surface area (Å²) in [6.45, 7) is 11.9. The summed E-state index contributed by atoms with van der Waals surface area (Å²) in [6.07, 6.45) is 0.937. The van der Waals surface area contributed by atoms with Crippen molar-refractivity contribution in [2.75, 3.05) is 26.2 Å². The van der Waals surface area contributed by atoms with Gasteiger partial charge in [-0.3, -0.25) is 0 Å². The fourth-order valence-electron chi connectivity index (χ4n) is 2.68. The van der Waals surface area contributed by atoms with Crippen LogP contribution in [0, 0.1) is 11.3 Å². The molecule has 0 aromatic rings. The standard InChI is InChI=1S/C13H24N2O2.ClH/c1-10-7-15(11(16)17-12(2,3)4)6-5-13(10)8-14-9-13;/h10,14H,5-9H2,1-4H3;1H/t10-;/m0./s1. The maximum Gasteiger partial charge on any atom is 0.410 e. The van der Waals surface area contributed by atoms with Gasteiger partial charge in [-0.05, 0) is 33.1 Å². The Morgan fingerprint density at radius 1 is 1.39 bits per heavy atom. The van der Waals surface area contributed by atoms with Crippen molar-refractivity contribution in [1.29, 1.82) is 0 Å². The molecule has 0 bridgehead atoms. The van der Waals surface area contributed by atoms with E-state index in [0.29, 0.717) is 11.3 Å². The summed E-state index contributed by atoms with van der Waals surface area (Å²) in [4.78, 5) is 13.8. The summed E-state index contributed by atoms with van der Waals surface area (Å²) in [5.74, 6) is 0.560. The van der Waals surface area contributed by atoms with Crippen molar-refractivity contribution >= 4 is 18.5 Å². The molecule has 2 aliphatic heterocycles. The molecule has 0 aromatic carbocycles. The summed E-state index contributed by atoms with van der Waals surface area (Å²) < 4.78 is 5.42. The molecule has 5 heteroatoms. The number of nitrogens with one attached hydrogen (secondary N) is 1. The first-order valence-electron chi connectivity index (χ1n) is 6.51. The Bertz CT molecular complexity index is 311. The molecule has 0 aliphatic carbocycles. The molecule has 1 amide bonds. The van der Waals surface area contributed by atoms with Crippen LogP contribution in [0.5, 0.6) is 0 Å². The van der Waals surface area contributed by atoms with Crippen LogP contribution >= 0.6 is 12.4 Å². The van der Waals surface area contributed by atoms with Crippen LogP contribution in [0.25, 0.3) is 0 Å². The number of ether oxygens (including phenoxy) is 1. The molecule has 0 aromatic heterocycles. The lowest BCUT2D eigenvalue weighted by Gasteiger charge is -2.52. The van der Waals surface area contributed by atoms with Gasteiger partial charge in [-0.25, -0.2) is 4.79 Å². The number of hydrogen-bond acceptors (Lipinski definition) is 3. The predicted octanol–water partition coefficient (Wildman–Crippen LogP) is 2.27. The van der Waals surface area contributed by atoms with E-state index in [4.69, 9.17) is 4.74 Å². The Balaban J connectivity index is 0.00000162. The summed E-state index contributed by atoms with van der Waals surface area (Å²) >= 11 is 0. The van der Waals surface area contributed by atoms with Crippen LogP contribution in [0.1, 0.15) is 34.1 Å². The van der Waals surface area contributed by atoms with E-state index in [0.717, 1.165) is 32.6 Å². The number of piperidine rings is 1. The summed E-state index contributed by atoms with van der Waals surface area (Å²) in [7, 11) is 0. The first kappa shape index (κ1) is 15.6. The van der Waals surface area contributed by atoms with Gasteiger partial charge in [-0.2, -0.15) is 0 Å². The zero-order valence-electron chi connectivity index (χ0n) is 11.8. The molecule has 0 saturated carbocycles. The van der Waals surface area contributed by atoms with Crippen molar-refractivity contribution in [2.24, 2.45) is 11.3 Å². The van der Waals surface area contributed by atoms with E-state index in [1.807, 2.05) is 25.7 Å². The topological polar surface area (TPSA) is 41.6 Å². The van der Waals surface area contributed by atoms with Gasteiger partial charge in [0.15, 0.2) is 0 Å². The molecule has 1 atom stereocenters. The number of nitrogens with zero attached hydrogens (tertiary/aromatic N) is 1. The Hall–Kier alpha value is -0.480. The molecule has 0 radical (unpaired) electrons. The number of amides is 1. The monoisotopic (exact) mass is 276 g/mol. The van der Waals surface area contributed by atoms with Gasteiger partial charge in [0, 0.05) is 31.6 Å². The van der Waals surface area contributed by atoms with E-state index >= 15 is 0 Å². The molecule has 2 rings (SSSR count). The molecule has 106 valence electrons. The molecule has 2 fully saturated rings. The largest absolute Gasteiger partial charge is 0.444 e. The Labute approximate surface area is 116 Å². The average molecular weight is 277 g/mol. The molecular weight excluding hydrogens is 252 g/mol. The summed E-state index contributed by atoms with van der Waals surface area (Å²) in [6, 6.07) is 0. The SMILES string of the molecule is C[C@H]1CN(C(=O)OC(C)(C)C)CCC12CNC2.Cl. The third-order valence-corrected chi connectivity index (χ3v) is 4.03. The van der Waals surface area contributed by atoms with Crippen LogP contribution in [0.15, 0.2) is 0 Å². The zero-order chi connectivity index (χ0) is 12.7. The molecule has 0 unspecified atom stereocenters. The van der Waals surface area contributed by atoms with Crippen LogP contribution in [0.4, 0.5) is 4.79 Å². The molecule has 2 aliphatic rings. The maximum atomic E-state index is 12.0. The van der Waals surface area contributed by atoms with Crippen molar-refractivity contribution in [1.82, 2.24) is 10.2 Å². The van der Waals surface area contributed by atoms with Gasteiger partial charge < -0.3 is 15.0 Å². The third kappa shape index (κ3) is 3.09. The number of rotatable bonds is 0. The smallest absolute Gasteiger partial charge is 0.410 e. The van der Waals surface area contributed by atoms with E-state index in [9.17, 15) is 4.79 Å².